The first kappa shape index (κ1) is 22.4. The van der Waals surface area contributed by atoms with Crippen LogP contribution in [0, 0.1) is 0 Å². The van der Waals surface area contributed by atoms with Gasteiger partial charge >= 0.3 is 0 Å². The van der Waals surface area contributed by atoms with Gasteiger partial charge in [0.25, 0.3) is 0 Å². The van der Waals surface area contributed by atoms with E-state index in [9.17, 15) is 4.79 Å². The molecule has 0 fully saturated rings. The zero-order valence-electron chi connectivity index (χ0n) is 16.8. The molecule has 0 N–H and O–H groups in total. The van der Waals surface area contributed by atoms with Crippen LogP contribution in [0.15, 0.2) is 54.6 Å². The van der Waals surface area contributed by atoms with E-state index in [0.29, 0.717) is 21.5 Å². The Morgan fingerprint density at radius 3 is 2.70 bits per heavy atom. The van der Waals surface area contributed by atoms with E-state index >= 15 is 0 Å². The smallest absolute Gasteiger partial charge is 0.195 e. The maximum atomic E-state index is 12.5. The van der Waals surface area contributed by atoms with Crippen molar-refractivity contribution in [2.45, 2.75) is 26.4 Å². The molecule has 3 nitrogen and oxygen atoms in total. The number of thiophene rings is 1. The highest BCUT2D eigenvalue weighted by atomic mass is 35.5. The molecule has 0 saturated carbocycles. The number of methoxy groups -OCH3 is 1. The molecule has 156 valence electrons. The fourth-order valence-electron chi connectivity index (χ4n) is 2.91. The van der Waals surface area contributed by atoms with Crippen LogP contribution in [0.1, 0.15) is 39.0 Å². The molecular formula is C24H22Cl2O3S. The topological polar surface area (TPSA) is 35.5 Å². The zero-order chi connectivity index (χ0) is 21.5. The minimum atomic E-state index is 0.00156. The van der Waals surface area contributed by atoms with Crippen LogP contribution >= 0.6 is 34.5 Å². The van der Waals surface area contributed by atoms with E-state index in [1.165, 1.54) is 4.88 Å². The number of rotatable bonds is 9. The Morgan fingerprint density at radius 2 is 1.93 bits per heavy atom. The zero-order valence-corrected chi connectivity index (χ0v) is 19.1. The summed E-state index contributed by atoms with van der Waals surface area (Å²) in [5.41, 5.74) is 1.72. The Balaban J connectivity index is 1.73. The standard InChI is InChI=1S/C24H22Cl2O3S/c1-3-5-18-10-13-23(30-18)20(27)11-8-16-9-12-21(28-2)17(14-16)15-29-22-7-4-6-19(25)24(22)26/h4,6-14H,3,5,15H2,1-2H3/b11-8+. The highest BCUT2D eigenvalue weighted by Gasteiger charge is 2.10. The minimum absolute atomic E-state index is 0.00156. The van der Waals surface area contributed by atoms with Gasteiger partial charge in [-0.05, 0) is 54.5 Å². The third-order valence-corrected chi connectivity index (χ3v) is 6.39. The van der Waals surface area contributed by atoms with Crippen LogP contribution in [0.5, 0.6) is 11.5 Å². The predicted octanol–water partition coefficient (Wildman–Crippen LogP) is 7.49. The Bertz CT molecular complexity index is 1060. The third kappa shape index (κ3) is 5.66. The first-order valence-electron chi connectivity index (χ1n) is 9.56. The number of carbonyl (C=O) groups excluding carboxylic acids is 1. The van der Waals surface area contributed by atoms with E-state index in [1.54, 1.807) is 48.8 Å². The van der Waals surface area contributed by atoms with Gasteiger partial charge in [-0.2, -0.15) is 0 Å². The highest BCUT2D eigenvalue weighted by Crippen LogP contribution is 2.33. The number of hydrogen-bond donors (Lipinski definition) is 0. The highest BCUT2D eigenvalue weighted by molar-refractivity contribution is 7.14. The molecule has 0 aliphatic heterocycles. The molecule has 2 aromatic carbocycles. The van der Waals surface area contributed by atoms with E-state index in [-0.39, 0.29) is 12.4 Å². The summed E-state index contributed by atoms with van der Waals surface area (Å²) in [6, 6.07) is 14.8. The van der Waals surface area contributed by atoms with E-state index in [4.69, 9.17) is 32.7 Å². The summed E-state index contributed by atoms with van der Waals surface area (Å²) in [6.07, 6.45) is 5.47. The van der Waals surface area contributed by atoms with E-state index in [1.807, 2.05) is 30.3 Å². The summed E-state index contributed by atoms with van der Waals surface area (Å²) < 4.78 is 11.3. The van der Waals surface area contributed by atoms with Gasteiger partial charge in [0.15, 0.2) is 5.78 Å². The molecule has 1 aromatic heterocycles. The molecule has 0 amide bonds. The molecule has 0 saturated heterocycles. The summed E-state index contributed by atoms with van der Waals surface area (Å²) in [4.78, 5) is 14.5. The van der Waals surface area contributed by atoms with E-state index in [2.05, 4.69) is 6.92 Å². The van der Waals surface area contributed by atoms with Crippen LogP contribution in [-0.4, -0.2) is 12.9 Å². The number of ether oxygens (including phenoxy) is 2. The van der Waals surface area contributed by atoms with Crippen molar-refractivity contribution in [3.63, 3.8) is 0 Å². The summed E-state index contributed by atoms with van der Waals surface area (Å²) >= 11 is 13.8. The van der Waals surface area contributed by atoms with Crippen LogP contribution in [0.4, 0.5) is 0 Å². The molecule has 3 aromatic rings. The van der Waals surface area contributed by atoms with Crippen molar-refractivity contribution < 1.29 is 14.3 Å². The molecule has 0 bridgehead atoms. The largest absolute Gasteiger partial charge is 0.496 e. The lowest BCUT2D eigenvalue weighted by molar-refractivity contribution is 0.105. The maximum absolute atomic E-state index is 12.5. The number of ketones is 1. The number of carbonyl (C=O) groups is 1. The van der Waals surface area contributed by atoms with Crippen molar-refractivity contribution in [3.05, 3.63) is 85.5 Å². The third-order valence-electron chi connectivity index (χ3n) is 4.43. The second kappa shape index (κ2) is 10.7. The molecule has 0 spiro atoms. The molecule has 0 aliphatic carbocycles. The summed E-state index contributed by atoms with van der Waals surface area (Å²) in [6.45, 7) is 2.39. The molecular weight excluding hydrogens is 439 g/mol. The van der Waals surface area contributed by atoms with E-state index < -0.39 is 0 Å². The van der Waals surface area contributed by atoms with Gasteiger partial charge in [0.05, 0.1) is 17.0 Å². The Labute approximate surface area is 190 Å². The number of aryl methyl sites for hydroxylation is 1. The van der Waals surface area contributed by atoms with Crippen molar-refractivity contribution >= 4 is 46.4 Å². The van der Waals surface area contributed by atoms with Crippen LogP contribution in [0.25, 0.3) is 6.08 Å². The van der Waals surface area contributed by atoms with Crippen molar-refractivity contribution in [2.24, 2.45) is 0 Å². The van der Waals surface area contributed by atoms with Crippen LogP contribution < -0.4 is 9.47 Å². The van der Waals surface area contributed by atoms with Crippen LogP contribution in [-0.2, 0) is 13.0 Å². The lowest BCUT2D eigenvalue weighted by Crippen LogP contribution is -2.00. The first-order chi connectivity index (χ1) is 14.5. The summed E-state index contributed by atoms with van der Waals surface area (Å²) in [5.74, 6) is 1.20. The summed E-state index contributed by atoms with van der Waals surface area (Å²) in [5, 5.41) is 0.810. The van der Waals surface area contributed by atoms with Crippen molar-refractivity contribution in [2.75, 3.05) is 7.11 Å². The fraction of sp³-hybridized carbons (Fsp3) is 0.208. The molecule has 6 heteroatoms. The molecule has 0 atom stereocenters. The molecule has 0 aliphatic rings. The molecule has 30 heavy (non-hydrogen) atoms. The van der Waals surface area contributed by atoms with E-state index in [0.717, 1.165) is 28.8 Å². The Morgan fingerprint density at radius 1 is 1.10 bits per heavy atom. The number of hydrogen-bond acceptors (Lipinski definition) is 4. The SMILES string of the molecule is CCCc1ccc(C(=O)/C=C/c2ccc(OC)c(COc3cccc(Cl)c3Cl)c2)s1. The van der Waals surface area contributed by atoms with Gasteiger partial charge < -0.3 is 9.47 Å². The molecule has 3 rings (SSSR count). The quantitative estimate of drug-likeness (QED) is 0.245. The maximum Gasteiger partial charge on any atom is 0.195 e. The van der Waals surface area contributed by atoms with Crippen molar-refractivity contribution in [3.8, 4) is 11.5 Å². The molecule has 0 unspecified atom stereocenters. The Kier molecular flexibility index (Phi) is 7.97. The fourth-order valence-corrected chi connectivity index (χ4v) is 4.29. The lowest BCUT2D eigenvalue weighted by Gasteiger charge is -2.12. The van der Waals surface area contributed by atoms with Crippen LogP contribution in [0.2, 0.25) is 10.0 Å². The molecule has 1 heterocycles. The second-order valence-corrected chi connectivity index (χ2v) is 8.58. The van der Waals surface area contributed by atoms with Gasteiger partial charge in [-0.25, -0.2) is 0 Å². The van der Waals surface area contributed by atoms with Crippen LogP contribution in [0.3, 0.4) is 0 Å². The van der Waals surface area contributed by atoms with Gasteiger partial charge in [-0.3, -0.25) is 4.79 Å². The minimum Gasteiger partial charge on any atom is -0.496 e. The first-order valence-corrected chi connectivity index (χ1v) is 11.1. The normalized spacial score (nSPS) is 11.1. The average Bonchev–Trinajstić information content (AvgIpc) is 3.22. The van der Waals surface area contributed by atoms with Crippen molar-refractivity contribution in [1.29, 1.82) is 0 Å². The summed E-state index contributed by atoms with van der Waals surface area (Å²) in [7, 11) is 1.61. The van der Waals surface area contributed by atoms with Gasteiger partial charge in [0.2, 0.25) is 0 Å². The Hall–Kier alpha value is -2.27. The van der Waals surface area contributed by atoms with Gasteiger partial charge in [-0.1, -0.05) is 54.8 Å². The van der Waals surface area contributed by atoms with Crippen molar-refractivity contribution in [1.82, 2.24) is 0 Å². The lowest BCUT2D eigenvalue weighted by atomic mass is 10.1. The van der Waals surface area contributed by atoms with Gasteiger partial charge in [0.1, 0.15) is 23.1 Å². The second-order valence-electron chi connectivity index (χ2n) is 6.63. The number of benzene rings is 2. The number of allylic oxidation sites excluding steroid dienone is 1. The number of halogens is 2. The molecule has 0 radical (unpaired) electrons. The van der Waals surface area contributed by atoms with Gasteiger partial charge in [0, 0.05) is 10.4 Å². The predicted molar refractivity (Wildman–Crippen MR) is 125 cm³/mol. The van der Waals surface area contributed by atoms with Gasteiger partial charge in [-0.15, -0.1) is 11.3 Å². The monoisotopic (exact) mass is 460 g/mol. The average molecular weight is 461 g/mol.